The summed E-state index contributed by atoms with van der Waals surface area (Å²) in [6.07, 6.45) is 2.74. The summed E-state index contributed by atoms with van der Waals surface area (Å²) in [6.45, 7) is 4.58. The molecule has 3 aromatic carbocycles. The molecular weight excluding hydrogens is 455 g/mol. The van der Waals surface area contributed by atoms with Crippen LogP contribution in [0.15, 0.2) is 60.7 Å². The van der Waals surface area contributed by atoms with Crippen molar-refractivity contribution in [3.8, 4) is 0 Å². The third-order valence-electron chi connectivity index (χ3n) is 5.88. The molecule has 0 saturated carbocycles. The molecule has 0 bridgehead atoms. The van der Waals surface area contributed by atoms with Crippen LogP contribution in [0, 0.1) is 0 Å². The first-order valence-corrected chi connectivity index (χ1v) is 12.1. The van der Waals surface area contributed by atoms with Gasteiger partial charge in [0.1, 0.15) is 6.04 Å². The topological polar surface area (TPSA) is 49.4 Å². The molecule has 2 amide bonds. The lowest BCUT2D eigenvalue weighted by Crippen LogP contribution is -2.48. The van der Waals surface area contributed by atoms with Gasteiger partial charge in [-0.2, -0.15) is 0 Å². The van der Waals surface area contributed by atoms with Crippen molar-refractivity contribution in [1.82, 2.24) is 10.2 Å². The average molecular weight is 485 g/mol. The van der Waals surface area contributed by atoms with Crippen LogP contribution >= 0.6 is 23.2 Å². The molecule has 3 rings (SSSR count). The number of unbranched alkanes of at least 4 members (excludes halogenated alkanes) is 1. The molecule has 0 unspecified atom stereocenters. The predicted molar refractivity (Wildman–Crippen MR) is 137 cm³/mol. The van der Waals surface area contributed by atoms with E-state index in [0.717, 1.165) is 29.2 Å². The van der Waals surface area contributed by atoms with E-state index in [9.17, 15) is 9.59 Å². The maximum Gasteiger partial charge on any atom is 0.242 e. The van der Waals surface area contributed by atoms with Crippen LogP contribution in [0.3, 0.4) is 0 Å². The van der Waals surface area contributed by atoms with Crippen molar-refractivity contribution in [2.45, 2.75) is 52.1 Å². The van der Waals surface area contributed by atoms with Crippen LogP contribution in [0.2, 0.25) is 10.0 Å². The molecule has 1 atom stereocenters. The second-order valence-electron chi connectivity index (χ2n) is 8.18. The Labute approximate surface area is 205 Å². The number of benzene rings is 3. The Balaban J connectivity index is 1.81. The second-order valence-corrected chi connectivity index (χ2v) is 9.00. The highest BCUT2D eigenvalue weighted by Gasteiger charge is 2.27. The Hall–Kier alpha value is -2.56. The highest BCUT2D eigenvalue weighted by Crippen LogP contribution is 2.27. The molecular formula is C27H30Cl2N2O2. The van der Waals surface area contributed by atoms with Crippen LogP contribution < -0.4 is 5.32 Å². The number of amides is 2. The Morgan fingerprint density at radius 2 is 1.64 bits per heavy atom. The number of halogens is 2. The van der Waals surface area contributed by atoms with Gasteiger partial charge in [0.2, 0.25) is 11.8 Å². The number of hydrogen-bond acceptors (Lipinski definition) is 2. The maximum atomic E-state index is 13.4. The van der Waals surface area contributed by atoms with Crippen molar-refractivity contribution in [2.75, 3.05) is 6.54 Å². The SMILES string of the molecule is CCCCNC(=O)[C@@H](C)N(Cc1c(Cl)cccc1Cl)C(=O)CCc1cccc2ccccc12. The molecule has 0 saturated heterocycles. The van der Waals surface area contributed by atoms with Gasteiger partial charge in [-0.1, -0.05) is 85.1 Å². The van der Waals surface area contributed by atoms with E-state index in [0.29, 0.717) is 28.6 Å². The van der Waals surface area contributed by atoms with Gasteiger partial charge in [0.25, 0.3) is 0 Å². The molecule has 0 radical (unpaired) electrons. The van der Waals surface area contributed by atoms with E-state index in [2.05, 4.69) is 30.4 Å². The van der Waals surface area contributed by atoms with Gasteiger partial charge in [-0.15, -0.1) is 0 Å². The minimum atomic E-state index is -0.644. The van der Waals surface area contributed by atoms with Crippen molar-refractivity contribution in [3.05, 3.63) is 81.8 Å². The average Bonchev–Trinajstić information content (AvgIpc) is 2.82. The Morgan fingerprint density at radius 1 is 0.970 bits per heavy atom. The molecule has 0 aliphatic heterocycles. The van der Waals surface area contributed by atoms with Gasteiger partial charge in [-0.25, -0.2) is 0 Å². The standard InChI is InChI=1S/C27H30Cl2N2O2/c1-3-4-17-30-27(33)19(2)31(18-23-24(28)13-8-14-25(23)29)26(32)16-15-21-11-7-10-20-9-5-6-12-22(20)21/h5-14,19H,3-4,15-18H2,1-2H3,(H,30,33)/t19-/m1/s1. The molecule has 0 fully saturated rings. The van der Waals surface area contributed by atoms with Gasteiger partial charge in [0, 0.05) is 35.1 Å². The summed E-state index contributed by atoms with van der Waals surface area (Å²) in [5, 5.41) is 6.17. The summed E-state index contributed by atoms with van der Waals surface area (Å²) in [5.74, 6) is -0.290. The lowest BCUT2D eigenvalue weighted by Gasteiger charge is -2.29. The minimum Gasteiger partial charge on any atom is -0.354 e. The summed E-state index contributed by atoms with van der Waals surface area (Å²) in [6, 6.07) is 18.9. The predicted octanol–water partition coefficient (Wildman–Crippen LogP) is 6.41. The smallest absolute Gasteiger partial charge is 0.242 e. The Kier molecular flexibility index (Phi) is 9.16. The number of fused-ring (bicyclic) bond motifs is 1. The molecule has 6 heteroatoms. The molecule has 174 valence electrons. The minimum absolute atomic E-state index is 0.114. The molecule has 0 aromatic heterocycles. The number of nitrogens with one attached hydrogen (secondary N) is 1. The van der Waals surface area contributed by atoms with Crippen molar-refractivity contribution in [1.29, 1.82) is 0 Å². The quantitative estimate of drug-likeness (QED) is 0.337. The zero-order chi connectivity index (χ0) is 23.8. The van der Waals surface area contributed by atoms with Crippen LogP contribution in [0.4, 0.5) is 0 Å². The van der Waals surface area contributed by atoms with Crippen molar-refractivity contribution in [3.63, 3.8) is 0 Å². The summed E-state index contributed by atoms with van der Waals surface area (Å²) in [7, 11) is 0. The highest BCUT2D eigenvalue weighted by atomic mass is 35.5. The molecule has 33 heavy (non-hydrogen) atoms. The van der Waals surface area contributed by atoms with E-state index in [1.54, 1.807) is 30.0 Å². The summed E-state index contributed by atoms with van der Waals surface area (Å²) in [5.41, 5.74) is 1.75. The van der Waals surface area contributed by atoms with Gasteiger partial charge in [0.05, 0.1) is 0 Å². The monoisotopic (exact) mass is 484 g/mol. The maximum absolute atomic E-state index is 13.4. The van der Waals surface area contributed by atoms with Crippen LogP contribution in [0.25, 0.3) is 10.8 Å². The first-order valence-electron chi connectivity index (χ1n) is 11.4. The number of hydrogen-bond donors (Lipinski definition) is 1. The van der Waals surface area contributed by atoms with Crippen LogP contribution in [-0.2, 0) is 22.6 Å². The molecule has 0 aliphatic carbocycles. The third kappa shape index (κ3) is 6.49. The zero-order valence-corrected chi connectivity index (χ0v) is 20.6. The van der Waals surface area contributed by atoms with Crippen molar-refractivity contribution in [2.24, 2.45) is 0 Å². The summed E-state index contributed by atoms with van der Waals surface area (Å²) >= 11 is 12.8. The molecule has 0 heterocycles. The fraction of sp³-hybridized carbons (Fsp3) is 0.333. The van der Waals surface area contributed by atoms with Crippen LogP contribution in [0.5, 0.6) is 0 Å². The fourth-order valence-corrected chi connectivity index (χ4v) is 4.39. The molecule has 3 aromatic rings. The van der Waals surface area contributed by atoms with Crippen LogP contribution in [-0.4, -0.2) is 29.3 Å². The van der Waals surface area contributed by atoms with Gasteiger partial charge >= 0.3 is 0 Å². The van der Waals surface area contributed by atoms with Gasteiger partial charge in [-0.3, -0.25) is 9.59 Å². The van der Waals surface area contributed by atoms with E-state index in [1.165, 1.54) is 0 Å². The normalized spacial score (nSPS) is 11.9. The summed E-state index contributed by atoms with van der Waals surface area (Å²) < 4.78 is 0. The number of nitrogens with zero attached hydrogens (tertiary/aromatic N) is 1. The van der Waals surface area contributed by atoms with Gasteiger partial charge in [-0.05, 0) is 48.2 Å². The first kappa shape index (κ1) is 25.1. The number of rotatable bonds is 10. The van der Waals surface area contributed by atoms with E-state index < -0.39 is 6.04 Å². The lowest BCUT2D eigenvalue weighted by atomic mass is 10.0. The third-order valence-corrected chi connectivity index (χ3v) is 6.58. The van der Waals surface area contributed by atoms with Crippen LogP contribution in [0.1, 0.15) is 44.2 Å². The van der Waals surface area contributed by atoms with Gasteiger partial charge in [0.15, 0.2) is 0 Å². The highest BCUT2D eigenvalue weighted by molar-refractivity contribution is 6.36. The van der Waals surface area contributed by atoms with E-state index in [4.69, 9.17) is 23.2 Å². The first-order chi connectivity index (χ1) is 15.9. The van der Waals surface area contributed by atoms with Crippen molar-refractivity contribution >= 4 is 45.8 Å². The number of carbonyl (C=O) groups is 2. The molecule has 0 spiro atoms. The van der Waals surface area contributed by atoms with E-state index >= 15 is 0 Å². The fourth-order valence-electron chi connectivity index (χ4n) is 3.87. The Bertz CT molecular complexity index is 1090. The second kappa shape index (κ2) is 12.1. The molecule has 4 nitrogen and oxygen atoms in total. The zero-order valence-electron chi connectivity index (χ0n) is 19.1. The molecule has 0 aliphatic rings. The molecule has 1 N–H and O–H groups in total. The number of carbonyl (C=O) groups excluding carboxylic acids is 2. The van der Waals surface area contributed by atoms with E-state index in [1.807, 2.05) is 24.3 Å². The lowest BCUT2D eigenvalue weighted by molar-refractivity contribution is -0.140. The number of aryl methyl sites for hydroxylation is 1. The van der Waals surface area contributed by atoms with Crippen molar-refractivity contribution < 1.29 is 9.59 Å². The Morgan fingerprint density at radius 3 is 2.36 bits per heavy atom. The summed E-state index contributed by atoms with van der Waals surface area (Å²) in [4.78, 5) is 27.8. The van der Waals surface area contributed by atoms with Gasteiger partial charge < -0.3 is 10.2 Å². The largest absolute Gasteiger partial charge is 0.354 e. The van der Waals surface area contributed by atoms with E-state index in [-0.39, 0.29) is 24.8 Å².